The Morgan fingerprint density at radius 2 is 1.31 bits per heavy atom. The number of hydrogen-bond donors (Lipinski definition) is 1. The van der Waals surface area contributed by atoms with Crippen molar-refractivity contribution in [1.82, 2.24) is 0 Å². The minimum atomic E-state index is -0.907. The molecule has 8 nitrogen and oxygen atoms in total. The predicted octanol–water partition coefficient (Wildman–Crippen LogP) is 3.01. The van der Waals surface area contributed by atoms with Crippen molar-refractivity contribution in [3.8, 4) is 34.5 Å². The van der Waals surface area contributed by atoms with Crippen molar-refractivity contribution >= 4 is 0 Å². The Balaban J connectivity index is 2.01. The number of fused-ring (bicyclic) bond motifs is 2. The predicted molar refractivity (Wildman–Crippen MR) is 117 cm³/mol. The summed E-state index contributed by atoms with van der Waals surface area (Å²) in [6.07, 6.45) is -0.177. The van der Waals surface area contributed by atoms with Gasteiger partial charge in [0.2, 0.25) is 11.5 Å². The van der Waals surface area contributed by atoms with Crippen LogP contribution in [0, 0.1) is 11.8 Å². The average Bonchev–Trinajstić information content (AvgIpc) is 3.20. The molecule has 1 N–H and O–H groups in total. The van der Waals surface area contributed by atoms with Crippen LogP contribution in [0.4, 0.5) is 0 Å². The van der Waals surface area contributed by atoms with Crippen molar-refractivity contribution in [2.45, 2.75) is 18.6 Å². The second-order valence-corrected chi connectivity index (χ2v) is 7.92. The van der Waals surface area contributed by atoms with E-state index in [0.29, 0.717) is 41.1 Å². The molecule has 4 rings (SSSR count). The molecule has 8 heteroatoms. The molecule has 0 amide bonds. The van der Waals surface area contributed by atoms with E-state index in [1.807, 2.05) is 18.2 Å². The number of rotatable bonds is 7. The average molecular weight is 446 g/mol. The number of aliphatic hydroxyl groups excluding tert-OH is 1. The lowest BCUT2D eigenvalue weighted by atomic mass is 9.67. The van der Waals surface area contributed by atoms with Crippen LogP contribution in [0.15, 0.2) is 18.2 Å². The van der Waals surface area contributed by atoms with Crippen molar-refractivity contribution in [2.24, 2.45) is 11.8 Å². The zero-order chi connectivity index (χ0) is 23.0. The van der Waals surface area contributed by atoms with E-state index in [0.717, 1.165) is 23.1 Å². The van der Waals surface area contributed by atoms with Crippen molar-refractivity contribution in [3.05, 3.63) is 34.9 Å². The standard InChI is InChI=1S/C24H30O8/c1-26-15-9-13(10-16(27-2)21(15)29-4)18-19-12(7-14-11-32-24(25)20(14)18)8-17(28-3)22(30-5)23(19)31-6/h8-10,14,18,20,24-25H,7,11H2,1-6H3/t14-,18-,20+,24-/m0/s1. The van der Waals surface area contributed by atoms with Crippen LogP contribution in [-0.2, 0) is 11.2 Å². The monoisotopic (exact) mass is 446 g/mol. The maximum atomic E-state index is 10.8. The van der Waals surface area contributed by atoms with Gasteiger partial charge in [-0.3, -0.25) is 0 Å². The third kappa shape index (κ3) is 3.38. The fourth-order valence-electron chi connectivity index (χ4n) is 5.19. The minimum Gasteiger partial charge on any atom is -0.493 e. The lowest BCUT2D eigenvalue weighted by Crippen LogP contribution is -2.34. The van der Waals surface area contributed by atoms with Gasteiger partial charge in [-0.2, -0.15) is 0 Å². The number of ether oxygens (including phenoxy) is 7. The summed E-state index contributed by atoms with van der Waals surface area (Å²) in [6.45, 7) is 0.475. The lowest BCUT2D eigenvalue weighted by molar-refractivity contribution is -0.0854. The van der Waals surface area contributed by atoms with Crippen molar-refractivity contribution in [2.75, 3.05) is 49.3 Å². The van der Waals surface area contributed by atoms with Crippen LogP contribution >= 0.6 is 0 Å². The highest BCUT2D eigenvalue weighted by Crippen LogP contribution is 2.56. The van der Waals surface area contributed by atoms with E-state index in [2.05, 4.69) is 0 Å². The van der Waals surface area contributed by atoms with Gasteiger partial charge in [-0.15, -0.1) is 0 Å². The van der Waals surface area contributed by atoms with Crippen LogP contribution in [0.25, 0.3) is 0 Å². The first-order valence-corrected chi connectivity index (χ1v) is 10.4. The molecule has 1 fully saturated rings. The normalized spacial score (nSPS) is 23.7. The van der Waals surface area contributed by atoms with Gasteiger partial charge in [-0.1, -0.05) is 0 Å². The molecule has 0 radical (unpaired) electrons. The van der Waals surface area contributed by atoms with E-state index in [9.17, 15) is 5.11 Å². The number of aliphatic hydroxyl groups is 1. The maximum absolute atomic E-state index is 10.8. The molecule has 1 saturated heterocycles. The third-order valence-corrected chi connectivity index (χ3v) is 6.53. The highest BCUT2D eigenvalue weighted by atomic mass is 16.6. The Bertz CT molecular complexity index is 963. The van der Waals surface area contributed by atoms with Gasteiger partial charge < -0.3 is 38.3 Å². The quantitative estimate of drug-likeness (QED) is 0.695. The van der Waals surface area contributed by atoms with Crippen LogP contribution < -0.4 is 28.4 Å². The summed E-state index contributed by atoms with van der Waals surface area (Å²) < 4.78 is 39.5. The second-order valence-electron chi connectivity index (χ2n) is 7.92. The molecule has 0 saturated carbocycles. The SMILES string of the molecule is COc1cc([C@H]2c3c(cc(OC)c(OC)c3OC)C[C@H]3CO[C@H](O)[C@H]32)cc(OC)c1OC. The molecule has 1 aliphatic heterocycles. The first-order valence-electron chi connectivity index (χ1n) is 10.4. The van der Waals surface area contributed by atoms with Crippen LogP contribution in [0.5, 0.6) is 34.5 Å². The topological polar surface area (TPSA) is 84.8 Å². The zero-order valence-corrected chi connectivity index (χ0v) is 19.3. The summed E-state index contributed by atoms with van der Waals surface area (Å²) in [5, 5.41) is 10.8. The summed E-state index contributed by atoms with van der Waals surface area (Å²) in [5.41, 5.74) is 2.90. The summed E-state index contributed by atoms with van der Waals surface area (Å²) in [5.74, 6) is 2.97. The van der Waals surface area contributed by atoms with Gasteiger partial charge in [0.15, 0.2) is 29.3 Å². The highest BCUT2D eigenvalue weighted by molar-refractivity contribution is 5.64. The van der Waals surface area contributed by atoms with E-state index in [1.165, 1.54) is 0 Å². The van der Waals surface area contributed by atoms with Gasteiger partial charge in [-0.05, 0) is 41.7 Å². The second kappa shape index (κ2) is 8.96. The first kappa shape index (κ1) is 22.4. The Kier molecular flexibility index (Phi) is 6.26. The largest absolute Gasteiger partial charge is 0.493 e. The number of hydrogen-bond acceptors (Lipinski definition) is 8. The zero-order valence-electron chi connectivity index (χ0n) is 19.3. The van der Waals surface area contributed by atoms with Gasteiger partial charge >= 0.3 is 0 Å². The third-order valence-electron chi connectivity index (χ3n) is 6.53. The fourth-order valence-corrected chi connectivity index (χ4v) is 5.19. The lowest BCUT2D eigenvalue weighted by Gasteiger charge is -2.38. The molecule has 4 atom stereocenters. The van der Waals surface area contributed by atoms with E-state index in [1.54, 1.807) is 42.7 Å². The molecule has 0 aromatic heterocycles. The summed E-state index contributed by atoms with van der Waals surface area (Å²) in [6, 6.07) is 5.82. The van der Waals surface area contributed by atoms with Crippen LogP contribution in [0.2, 0.25) is 0 Å². The molecule has 1 heterocycles. The highest BCUT2D eigenvalue weighted by Gasteiger charge is 2.48. The molecule has 174 valence electrons. The van der Waals surface area contributed by atoms with Gasteiger partial charge in [0.25, 0.3) is 0 Å². The van der Waals surface area contributed by atoms with Crippen molar-refractivity contribution < 1.29 is 38.3 Å². The summed E-state index contributed by atoms with van der Waals surface area (Å²) in [7, 11) is 9.54. The van der Waals surface area contributed by atoms with Crippen LogP contribution in [0.1, 0.15) is 22.6 Å². The molecule has 2 aromatic rings. The summed E-state index contributed by atoms with van der Waals surface area (Å²) >= 11 is 0. The van der Waals surface area contributed by atoms with E-state index in [4.69, 9.17) is 33.2 Å². The van der Waals surface area contributed by atoms with E-state index >= 15 is 0 Å². The molecule has 2 aromatic carbocycles. The first-order chi connectivity index (χ1) is 15.5. The van der Waals surface area contributed by atoms with Crippen molar-refractivity contribution in [1.29, 1.82) is 0 Å². The molecule has 2 aliphatic rings. The molecular weight excluding hydrogens is 416 g/mol. The molecule has 32 heavy (non-hydrogen) atoms. The minimum absolute atomic E-state index is 0.129. The smallest absolute Gasteiger partial charge is 0.203 e. The van der Waals surface area contributed by atoms with Crippen LogP contribution in [-0.4, -0.2) is 60.7 Å². The summed E-state index contributed by atoms with van der Waals surface area (Å²) in [4.78, 5) is 0. The van der Waals surface area contributed by atoms with Gasteiger partial charge in [0.05, 0.1) is 49.3 Å². The van der Waals surface area contributed by atoms with Crippen molar-refractivity contribution in [3.63, 3.8) is 0 Å². The maximum Gasteiger partial charge on any atom is 0.203 e. The van der Waals surface area contributed by atoms with Gasteiger partial charge in [-0.25, -0.2) is 0 Å². The molecule has 0 bridgehead atoms. The molecule has 1 aliphatic carbocycles. The Morgan fingerprint density at radius 1 is 0.750 bits per heavy atom. The van der Waals surface area contributed by atoms with E-state index < -0.39 is 6.29 Å². The Labute approximate surface area is 187 Å². The molecule has 0 unspecified atom stereocenters. The Hall–Kier alpha value is -2.84. The van der Waals surface area contributed by atoms with Crippen LogP contribution in [0.3, 0.4) is 0 Å². The number of methoxy groups -OCH3 is 6. The fraction of sp³-hybridized carbons (Fsp3) is 0.500. The van der Waals surface area contributed by atoms with Gasteiger partial charge in [0, 0.05) is 17.4 Å². The van der Waals surface area contributed by atoms with E-state index in [-0.39, 0.29) is 17.8 Å². The number of benzene rings is 2. The molecule has 0 spiro atoms. The molecular formula is C24H30O8. The van der Waals surface area contributed by atoms with Gasteiger partial charge in [0.1, 0.15) is 0 Å². The Morgan fingerprint density at radius 3 is 1.84 bits per heavy atom.